The van der Waals surface area contributed by atoms with Crippen LogP contribution in [0.25, 0.3) is 0 Å². The number of aryl methyl sites for hydroxylation is 1. The van der Waals surface area contributed by atoms with Crippen molar-refractivity contribution in [3.05, 3.63) is 47.5 Å². The topological polar surface area (TPSA) is 53.1 Å². The monoisotopic (exact) mass is 263 g/mol. The van der Waals surface area contributed by atoms with Gasteiger partial charge in [0.25, 0.3) is 0 Å². The Hall–Kier alpha value is -1.88. The molecule has 5 heteroatoms. The number of benzene rings is 1. The molecule has 0 aliphatic rings. The molecule has 0 unspecified atom stereocenters. The van der Waals surface area contributed by atoms with Crippen molar-refractivity contribution in [1.29, 1.82) is 0 Å². The summed E-state index contributed by atoms with van der Waals surface area (Å²) in [7, 11) is 0. The van der Waals surface area contributed by atoms with Crippen LogP contribution in [0.4, 0.5) is 4.39 Å². The van der Waals surface area contributed by atoms with Gasteiger partial charge in [0.2, 0.25) is 0 Å². The highest BCUT2D eigenvalue weighted by molar-refractivity contribution is 5.25. The number of halogens is 1. The van der Waals surface area contributed by atoms with Gasteiger partial charge in [0.05, 0.1) is 12.4 Å². The molecule has 0 atom stereocenters. The van der Waals surface area contributed by atoms with E-state index in [0.717, 1.165) is 18.5 Å². The van der Waals surface area contributed by atoms with Gasteiger partial charge in [0, 0.05) is 18.7 Å². The number of rotatable bonds is 6. The summed E-state index contributed by atoms with van der Waals surface area (Å²) >= 11 is 0. The van der Waals surface area contributed by atoms with Crippen LogP contribution in [0.15, 0.2) is 30.6 Å². The van der Waals surface area contributed by atoms with E-state index in [2.05, 4.69) is 12.0 Å². The molecule has 2 N–H and O–H groups in total. The molecule has 1 heterocycles. The molecule has 0 aliphatic carbocycles. The molecule has 0 spiro atoms. The molecule has 1 aromatic heterocycles. The van der Waals surface area contributed by atoms with Crippen LogP contribution in [-0.4, -0.2) is 9.78 Å². The van der Waals surface area contributed by atoms with Crippen molar-refractivity contribution in [2.75, 3.05) is 0 Å². The molecule has 0 bridgehead atoms. The standard InChI is InChI=1S/C14H18FN3O/c1-2-5-18-9-13(8-17-18)19-10-12-6-11(7-16)3-4-14(12)15/h3-4,6,8-9H,2,5,7,10,16H2,1H3. The molecule has 102 valence electrons. The fourth-order valence-corrected chi connectivity index (χ4v) is 1.80. The van der Waals surface area contributed by atoms with Gasteiger partial charge in [-0.15, -0.1) is 0 Å². The first-order valence-corrected chi connectivity index (χ1v) is 6.35. The lowest BCUT2D eigenvalue weighted by Gasteiger charge is -2.06. The minimum atomic E-state index is -0.279. The highest BCUT2D eigenvalue weighted by atomic mass is 19.1. The van der Waals surface area contributed by atoms with Gasteiger partial charge in [-0.05, 0) is 24.1 Å². The van der Waals surface area contributed by atoms with Crippen LogP contribution in [0, 0.1) is 5.82 Å². The predicted molar refractivity (Wildman–Crippen MR) is 71.1 cm³/mol. The van der Waals surface area contributed by atoms with Crippen molar-refractivity contribution in [2.24, 2.45) is 5.73 Å². The first kappa shape index (κ1) is 13.5. The van der Waals surface area contributed by atoms with Crippen LogP contribution in [0.1, 0.15) is 24.5 Å². The zero-order valence-electron chi connectivity index (χ0n) is 11.0. The quantitative estimate of drug-likeness (QED) is 0.871. The van der Waals surface area contributed by atoms with Crippen molar-refractivity contribution >= 4 is 0 Å². The first-order valence-electron chi connectivity index (χ1n) is 6.35. The number of hydrogen-bond acceptors (Lipinski definition) is 3. The Kier molecular flexibility index (Phi) is 4.52. The molecular weight excluding hydrogens is 245 g/mol. The summed E-state index contributed by atoms with van der Waals surface area (Å²) in [6, 6.07) is 4.82. The maximum atomic E-state index is 13.6. The van der Waals surface area contributed by atoms with Crippen LogP contribution in [0.3, 0.4) is 0 Å². The molecule has 0 saturated heterocycles. The van der Waals surface area contributed by atoms with Gasteiger partial charge in [-0.1, -0.05) is 13.0 Å². The summed E-state index contributed by atoms with van der Waals surface area (Å²) in [5.74, 6) is 0.365. The SMILES string of the molecule is CCCn1cc(OCc2cc(CN)ccc2F)cn1. The second kappa shape index (κ2) is 6.33. The number of ether oxygens (including phenoxy) is 1. The average molecular weight is 263 g/mol. The lowest BCUT2D eigenvalue weighted by Crippen LogP contribution is -2.02. The van der Waals surface area contributed by atoms with E-state index >= 15 is 0 Å². The third-order valence-electron chi connectivity index (χ3n) is 2.80. The fraction of sp³-hybridized carbons (Fsp3) is 0.357. The molecular formula is C14H18FN3O. The van der Waals surface area contributed by atoms with Crippen LogP contribution in [0.5, 0.6) is 5.75 Å². The van der Waals surface area contributed by atoms with Crippen LogP contribution in [0.2, 0.25) is 0 Å². The van der Waals surface area contributed by atoms with Gasteiger partial charge in [-0.25, -0.2) is 4.39 Å². The minimum Gasteiger partial charge on any atom is -0.486 e. The predicted octanol–water partition coefficient (Wildman–Crippen LogP) is 2.47. The van der Waals surface area contributed by atoms with E-state index < -0.39 is 0 Å². The molecule has 0 fully saturated rings. The maximum absolute atomic E-state index is 13.6. The van der Waals surface area contributed by atoms with Gasteiger partial charge in [-0.2, -0.15) is 5.10 Å². The molecule has 1 aromatic carbocycles. The second-order valence-corrected chi connectivity index (χ2v) is 4.36. The van der Waals surface area contributed by atoms with Crippen molar-refractivity contribution in [3.8, 4) is 5.75 Å². The van der Waals surface area contributed by atoms with Gasteiger partial charge in [-0.3, -0.25) is 4.68 Å². The minimum absolute atomic E-state index is 0.178. The zero-order chi connectivity index (χ0) is 13.7. The Morgan fingerprint density at radius 2 is 2.26 bits per heavy atom. The summed E-state index contributed by atoms with van der Waals surface area (Å²) in [5.41, 5.74) is 6.93. The number of aromatic nitrogens is 2. The summed E-state index contributed by atoms with van der Waals surface area (Å²) in [6.45, 7) is 3.50. The molecule has 2 aromatic rings. The number of hydrogen-bond donors (Lipinski definition) is 1. The largest absolute Gasteiger partial charge is 0.486 e. The second-order valence-electron chi connectivity index (χ2n) is 4.36. The number of nitrogens with two attached hydrogens (primary N) is 1. The van der Waals surface area contributed by atoms with Gasteiger partial charge in [0.15, 0.2) is 5.75 Å². The smallest absolute Gasteiger partial charge is 0.157 e. The average Bonchev–Trinajstić information content (AvgIpc) is 2.86. The Labute approximate surface area is 112 Å². The van der Waals surface area contributed by atoms with Crippen molar-refractivity contribution < 1.29 is 9.13 Å². The molecule has 19 heavy (non-hydrogen) atoms. The molecule has 0 saturated carbocycles. The first-order chi connectivity index (χ1) is 9.22. The third kappa shape index (κ3) is 3.54. The van der Waals surface area contributed by atoms with E-state index in [1.54, 1.807) is 18.3 Å². The Bertz CT molecular complexity index is 539. The van der Waals surface area contributed by atoms with Crippen molar-refractivity contribution in [2.45, 2.75) is 33.0 Å². The van der Waals surface area contributed by atoms with Gasteiger partial charge < -0.3 is 10.5 Å². The Morgan fingerprint density at radius 1 is 1.42 bits per heavy atom. The molecule has 2 rings (SSSR count). The van der Waals surface area contributed by atoms with E-state index in [9.17, 15) is 4.39 Å². The molecule has 4 nitrogen and oxygen atoms in total. The summed E-state index contributed by atoms with van der Waals surface area (Å²) in [5, 5.41) is 4.15. The lowest BCUT2D eigenvalue weighted by atomic mass is 10.1. The molecule has 0 radical (unpaired) electrons. The van der Waals surface area contributed by atoms with Crippen LogP contribution >= 0.6 is 0 Å². The van der Waals surface area contributed by atoms with Crippen molar-refractivity contribution in [3.63, 3.8) is 0 Å². The summed E-state index contributed by atoms with van der Waals surface area (Å²) in [6.07, 6.45) is 4.46. The lowest BCUT2D eigenvalue weighted by molar-refractivity contribution is 0.299. The Morgan fingerprint density at radius 3 is 3.00 bits per heavy atom. The normalized spacial score (nSPS) is 10.7. The summed E-state index contributed by atoms with van der Waals surface area (Å²) < 4.78 is 20.9. The zero-order valence-corrected chi connectivity index (χ0v) is 11.0. The molecule has 0 amide bonds. The van der Waals surface area contributed by atoms with E-state index in [1.165, 1.54) is 6.07 Å². The third-order valence-corrected chi connectivity index (χ3v) is 2.80. The highest BCUT2D eigenvalue weighted by Gasteiger charge is 2.05. The van der Waals surface area contributed by atoms with Gasteiger partial charge >= 0.3 is 0 Å². The van der Waals surface area contributed by atoms with Gasteiger partial charge in [0.1, 0.15) is 12.4 Å². The Balaban J connectivity index is 2.01. The van der Waals surface area contributed by atoms with E-state index in [0.29, 0.717) is 17.9 Å². The fourth-order valence-electron chi connectivity index (χ4n) is 1.80. The van der Waals surface area contributed by atoms with Crippen LogP contribution < -0.4 is 10.5 Å². The maximum Gasteiger partial charge on any atom is 0.157 e. The van der Waals surface area contributed by atoms with Crippen molar-refractivity contribution in [1.82, 2.24) is 9.78 Å². The van der Waals surface area contributed by atoms with E-state index in [-0.39, 0.29) is 12.4 Å². The highest BCUT2D eigenvalue weighted by Crippen LogP contribution is 2.15. The number of nitrogens with zero attached hydrogens (tertiary/aromatic N) is 2. The van der Waals surface area contributed by atoms with E-state index in [4.69, 9.17) is 10.5 Å². The molecule has 0 aliphatic heterocycles. The summed E-state index contributed by atoms with van der Waals surface area (Å²) in [4.78, 5) is 0. The van der Waals surface area contributed by atoms with Crippen LogP contribution in [-0.2, 0) is 19.7 Å². The van der Waals surface area contributed by atoms with E-state index in [1.807, 2.05) is 10.9 Å².